The predicted octanol–water partition coefficient (Wildman–Crippen LogP) is 3.87. The van der Waals surface area contributed by atoms with Crippen molar-refractivity contribution in [3.05, 3.63) is 42.1 Å². The Balaban J connectivity index is 1.55. The Labute approximate surface area is 193 Å². The predicted molar refractivity (Wildman–Crippen MR) is 114 cm³/mol. The van der Waals surface area contributed by atoms with Gasteiger partial charge in [-0.25, -0.2) is 18.2 Å². The topological polar surface area (TPSA) is 133 Å². The molecule has 3 N–H and O–H groups in total. The summed E-state index contributed by atoms with van der Waals surface area (Å²) in [5.41, 5.74) is -2.30. The summed E-state index contributed by atoms with van der Waals surface area (Å²) in [4.78, 5) is 16.2. The number of anilines is 2. The number of nitriles is 1. The normalized spacial score (nSPS) is 16.9. The maximum absolute atomic E-state index is 12.9. The summed E-state index contributed by atoms with van der Waals surface area (Å²) in [7, 11) is -4.13. The number of benzene rings is 1. The first kappa shape index (κ1) is 23.8. The van der Waals surface area contributed by atoms with Crippen LogP contribution >= 0.6 is 0 Å². The molecular weight excluding hydrogens is 475 g/mol. The third-order valence-electron chi connectivity index (χ3n) is 5.28. The van der Waals surface area contributed by atoms with E-state index in [1.165, 1.54) is 6.07 Å². The van der Waals surface area contributed by atoms with E-state index in [2.05, 4.69) is 20.3 Å². The number of carbonyl (C=O) groups is 1. The summed E-state index contributed by atoms with van der Waals surface area (Å²) in [6, 6.07) is 6.18. The molecule has 2 aliphatic carbocycles. The molecule has 2 aliphatic rings. The zero-order valence-corrected chi connectivity index (χ0v) is 18.5. The Hall–Kier alpha value is -3.37. The molecule has 2 fully saturated rings. The number of ether oxygens (including phenoxy) is 1. The first-order chi connectivity index (χ1) is 16.0. The standard InChI is InChI=1S/C21H20F3N5O4S/c22-21(23,24)14-2-1-3-15(8-14)27-19(30)28-17-9-16(10-26-18(17)33-11-13-4-5-13)34(31,32)29-20(12-25)6-7-20/h1-3,8-10,13,29H,4-7,11H2,(H2,27,28,30). The number of urea groups is 1. The summed E-state index contributed by atoms with van der Waals surface area (Å²) in [6.07, 6.45) is -0.822. The molecule has 1 aromatic heterocycles. The molecule has 2 saturated carbocycles. The van der Waals surface area contributed by atoms with Gasteiger partial charge in [-0.15, -0.1) is 0 Å². The Bertz CT molecular complexity index is 1250. The van der Waals surface area contributed by atoms with Crippen LogP contribution in [-0.2, 0) is 16.2 Å². The largest absolute Gasteiger partial charge is 0.476 e. The van der Waals surface area contributed by atoms with Crippen molar-refractivity contribution in [3.8, 4) is 11.9 Å². The summed E-state index contributed by atoms with van der Waals surface area (Å²) in [5, 5.41) is 13.8. The number of amides is 2. The lowest BCUT2D eigenvalue weighted by atomic mass is 10.2. The van der Waals surface area contributed by atoms with E-state index in [4.69, 9.17) is 4.74 Å². The van der Waals surface area contributed by atoms with Gasteiger partial charge in [0.2, 0.25) is 15.9 Å². The monoisotopic (exact) mass is 495 g/mol. The van der Waals surface area contributed by atoms with Crippen LogP contribution in [0.3, 0.4) is 0 Å². The highest BCUT2D eigenvalue weighted by atomic mass is 32.2. The highest BCUT2D eigenvalue weighted by molar-refractivity contribution is 7.89. The minimum atomic E-state index is -4.58. The third kappa shape index (κ3) is 5.75. The van der Waals surface area contributed by atoms with Gasteiger partial charge >= 0.3 is 12.2 Å². The van der Waals surface area contributed by atoms with E-state index in [0.29, 0.717) is 25.4 Å². The zero-order chi connectivity index (χ0) is 24.6. The number of alkyl halides is 3. The molecule has 2 amide bonds. The first-order valence-corrected chi connectivity index (χ1v) is 11.8. The van der Waals surface area contributed by atoms with Crippen LogP contribution in [-0.4, -0.2) is 31.6 Å². The van der Waals surface area contributed by atoms with E-state index < -0.39 is 33.3 Å². The number of halogens is 3. The van der Waals surface area contributed by atoms with Gasteiger partial charge < -0.3 is 15.4 Å². The number of hydrogen-bond donors (Lipinski definition) is 3. The highest BCUT2D eigenvalue weighted by Crippen LogP contribution is 2.37. The van der Waals surface area contributed by atoms with Crippen LogP contribution in [0.1, 0.15) is 31.2 Å². The molecule has 0 unspecified atom stereocenters. The number of carbonyl (C=O) groups excluding carboxylic acids is 1. The van der Waals surface area contributed by atoms with Crippen LogP contribution in [0.5, 0.6) is 5.88 Å². The fourth-order valence-electron chi connectivity index (χ4n) is 3.00. The molecule has 0 bridgehead atoms. The van der Waals surface area contributed by atoms with Gasteiger partial charge in [-0.1, -0.05) is 6.07 Å². The molecule has 180 valence electrons. The lowest BCUT2D eigenvalue weighted by Gasteiger charge is -2.15. The Kier molecular flexibility index (Phi) is 6.13. The smallest absolute Gasteiger partial charge is 0.416 e. The number of nitrogens with one attached hydrogen (secondary N) is 3. The third-order valence-corrected chi connectivity index (χ3v) is 6.78. The maximum atomic E-state index is 12.9. The molecule has 1 aromatic carbocycles. The lowest BCUT2D eigenvalue weighted by Crippen LogP contribution is -2.35. The van der Waals surface area contributed by atoms with Crippen LogP contribution < -0.4 is 20.1 Å². The molecule has 9 nitrogen and oxygen atoms in total. The minimum Gasteiger partial charge on any atom is -0.476 e. The second kappa shape index (κ2) is 8.77. The Morgan fingerprint density at radius 2 is 1.97 bits per heavy atom. The van der Waals surface area contributed by atoms with E-state index in [9.17, 15) is 31.6 Å². The van der Waals surface area contributed by atoms with Gasteiger partial charge in [0, 0.05) is 5.69 Å². The molecule has 0 aliphatic heterocycles. The highest BCUT2D eigenvalue weighted by Gasteiger charge is 2.47. The fraction of sp³-hybridized carbons (Fsp3) is 0.381. The van der Waals surface area contributed by atoms with Gasteiger partial charge in [-0.05, 0) is 55.9 Å². The SMILES string of the molecule is N#CC1(NS(=O)(=O)c2cnc(OCC3CC3)c(NC(=O)Nc3cccc(C(F)(F)F)c3)c2)CC1. The van der Waals surface area contributed by atoms with Crippen molar-refractivity contribution in [2.24, 2.45) is 5.92 Å². The number of nitrogens with zero attached hydrogens (tertiary/aromatic N) is 2. The van der Waals surface area contributed by atoms with Crippen molar-refractivity contribution in [1.29, 1.82) is 5.26 Å². The van der Waals surface area contributed by atoms with Crippen molar-refractivity contribution >= 4 is 27.4 Å². The second-order valence-corrected chi connectivity index (χ2v) is 9.92. The van der Waals surface area contributed by atoms with Crippen LogP contribution in [0.4, 0.5) is 29.3 Å². The molecule has 0 saturated heterocycles. The van der Waals surface area contributed by atoms with Crippen LogP contribution in [0.25, 0.3) is 0 Å². The minimum absolute atomic E-state index is 0.0357. The molecule has 13 heteroatoms. The second-order valence-electron chi connectivity index (χ2n) is 8.24. The molecule has 2 aromatic rings. The Morgan fingerprint density at radius 1 is 1.24 bits per heavy atom. The summed E-state index contributed by atoms with van der Waals surface area (Å²) in [5.74, 6) is 0.301. The zero-order valence-electron chi connectivity index (χ0n) is 17.6. The van der Waals surface area contributed by atoms with E-state index in [0.717, 1.165) is 43.3 Å². The van der Waals surface area contributed by atoms with Gasteiger partial charge in [-0.2, -0.15) is 23.2 Å². The summed E-state index contributed by atoms with van der Waals surface area (Å²) < 4.78 is 72.2. The number of rotatable bonds is 8. The summed E-state index contributed by atoms with van der Waals surface area (Å²) in [6.45, 7) is 0.318. The van der Waals surface area contributed by atoms with E-state index in [1.54, 1.807) is 0 Å². The first-order valence-electron chi connectivity index (χ1n) is 10.3. The number of pyridine rings is 1. The molecule has 0 atom stereocenters. The van der Waals surface area contributed by atoms with E-state index in [-0.39, 0.29) is 22.2 Å². The number of aromatic nitrogens is 1. The summed E-state index contributed by atoms with van der Waals surface area (Å²) >= 11 is 0. The molecular formula is C21H20F3N5O4S. The number of hydrogen-bond acceptors (Lipinski definition) is 6. The molecule has 1 heterocycles. The van der Waals surface area contributed by atoms with Crippen LogP contribution in [0.15, 0.2) is 41.4 Å². The van der Waals surface area contributed by atoms with E-state index in [1.807, 2.05) is 6.07 Å². The van der Waals surface area contributed by atoms with Gasteiger partial charge in [0.25, 0.3) is 0 Å². The molecule has 4 rings (SSSR count). The van der Waals surface area contributed by atoms with E-state index >= 15 is 0 Å². The Morgan fingerprint density at radius 3 is 2.59 bits per heavy atom. The van der Waals surface area contributed by atoms with Crippen molar-refractivity contribution in [2.75, 3.05) is 17.2 Å². The van der Waals surface area contributed by atoms with Crippen LogP contribution in [0.2, 0.25) is 0 Å². The number of sulfonamides is 1. The lowest BCUT2D eigenvalue weighted by molar-refractivity contribution is -0.137. The van der Waals surface area contributed by atoms with Crippen molar-refractivity contribution in [3.63, 3.8) is 0 Å². The van der Waals surface area contributed by atoms with Gasteiger partial charge in [-0.3, -0.25) is 0 Å². The van der Waals surface area contributed by atoms with Gasteiger partial charge in [0.1, 0.15) is 16.1 Å². The van der Waals surface area contributed by atoms with Crippen molar-refractivity contribution in [1.82, 2.24) is 9.71 Å². The van der Waals surface area contributed by atoms with Gasteiger partial charge in [0.15, 0.2) is 0 Å². The van der Waals surface area contributed by atoms with Crippen LogP contribution in [0, 0.1) is 17.2 Å². The maximum Gasteiger partial charge on any atom is 0.416 e. The van der Waals surface area contributed by atoms with Crippen molar-refractivity contribution in [2.45, 2.75) is 42.3 Å². The average Bonchev–Trinajstić information content (AvgIpc) is 3.69. The fourth-order valence-corrected chi connectivity index (χ4v) is 4.35. The van der Waals surface area contributed by atoms with Crippen molar-refractivity contribution < 1.29 is 31.1 Å². The average molecular weight is 495 g/mol. The molecule has 0 radical (unpaired) electrons. The quantitative estimate of drug-likeness (QED) is 0.509. The van der Waals surface area contributed by atoms with Gasteiger partial charge in [0.05, 0.1) is 24.4 Å². The molecule has 0 spiro atoms. The molecule has 34 heavy (non-hydrogen) atoms.